The highest BCUT2D eigenvalue weighted by molar-refractivity contribution is 9.10. The Kier molecular flexibility index (Phi) is 11.4. The van der Waals surface area contributed by atoms with E-state index in [0.717, 1.165) is 43.0 Å². The number of nitrogens with one attached hydrogen (secondary N) is 1. The standard InChI is InChI=1S/C33H31BrClN3O5.ClH/c1-42-31-19-22(28(34)21-27(31)33(40)41)20-32(39)36-38(30-8-4-3-7-29(30)37-17-5-2-6-18-37)24-11-15-26(16-12-24)43-25-13-9-23(35)10-14-25;/h3-4,7-16,19,21H,2,5-6,17-18,20H2,1H3,(H,36,39)(H,40,41);1H. The number of anilines is 3. The number of carbonyl (C=O) groups is 2. The average molecular weight is 701 g/mol. The van der Waals surface area contributed by atoms with E-state index in [4.69, 9.17) is 21.1 Å². The Morgan fingerprint density at radius 2 is 1.59 bits per heavy atom. The number of hydrogen-bond donors (Lipinski definition) is 2. The fourth-order valence-electron chi connectivity index (χ4n) is 5.03. The van der Waals surface area contributed by atoms with Gasteiger partial charge in [-0.05, 0) is 97.6 Å². The highest BCUT2D eigenvalue weighted by Crippen LogP contribution is 2.36. The molecule has 44 heavy (non-hydrogen) atoms. The number of aromatic carboxylic acids is 1. The summed E-state index contributed by atoms with van der Waals surface area (Å²) in [6.45, 7) is 1.88. The van der Waals surface area contributed by atoms with Gasteiger partial charge in [0, 0.05) is 22.6 Å². The van der Waals surface area contributed by atoms with Crippen LogP contribution in [0, 0.1) is 0 Å². The third-order valence-electron chi connectivity index (χ3n) is 7.15. The van der Waals surface area contributed by atoms with Crippen molar-refractivity contribution in [3.05, 3.63) is 106 Å². The van der Waals surface area contributed by atoms with Crippen molar-refractivity contribution < 1.29 is 24.2 Å². The van der Waals surface area contributed by atoms with Crippen LogP contribution in [-0.2, 0) is 11.2 Å². The van der Waals surface area contributed by atoms with Gasteiger partial charge in [0.15, 0.2) is 0 Å². The van der Waals surface area contributed by atoms with E-state index in [1.807, 2.05) is 42.5 Å². The second-order valence-electron chi connectivity index (χ2n) is 10.1. The molecule has 11 heteroatoms. The zero-order valence-corrected chi connectivity index (χ0v) is 27.1. The molecule has 0 aliphatic carbocycles. The van der Waals surface area contributed by atoms with Gasteiger partial charge in [0.2, 0.25) is 5.91 Å². The largest absolute Gasteiger partial charge is 0.496 e. The minimum Gasteiger partial charge on any atom is -0.496 e. The number of ether oxygens (including phenoxy) is 2. The minimum absolute atomic E-state index is 0. The summed E-state index contributed by atoms with van der Waals surface area (Å²) in [5.74, 6) is 0.0734. The molecule has 1 saturated heterocycles. The van der Waals surface area contributed by atoms with Crippen molar-refractivity contribution in [2.45, 2.75) is 25.7 Å². The van der Waals surface area contributed by atoms with E-state index < -0.39 is 5.97 Å². The summed E-state index contributed by atoms with van der Waals surface area (Å²) in [4.78, 5) is 27.6. The molecule has 0 unspecified atom stereocenters. The van der Waals surface area contributed by atoms with E-state index in [0.29, 0.717) is 26.6 Å². The molecule has 1 fully saturated rings. The number of carboxylic acid groups (broad SMARTS) is 1. The summed E-state index contributed by atoms with van der Waals surface area (Å²) in [7, 11) is 1.40. The summed E-state index contributed by atoms with van der Waals surface area (Å²) in [5.41, 5.74) is 6.29. The zero-order chi connectivity index (χ0) is 30.3. The fraction of sp³-hybridized carbons (Fsp3) is 0.212. The van der Waals surface area contributed by atoms with Crippen molar-refractivity contribution in [2.24, 2.45) is 0 Å². The number of benzene rings is 4. The summed E-state index contributed by atoms with van der Waals surface area (Å²) < 4.78 is 11.8. The Bertz CT molecular complexity index is 1600. The maximum absolute atomic E-state index is 13.6. The van der Waals surface area contributed by atoms with Crippen molar-refractivity contribution in [3.8, 4) is 17.2 Å². The van der Waals surface area contributed by atoms with E-state index in [1.54, 1.807) is 35.3 Å². The van der Waals surface area contributed by atoms with Gasteiger partial charge in [0.25, 0.3) is 0 Å². The first-order chi connectivity index (χ1) is 20.8. The Hall–Kier alpha value is -3.92. The monoisotopic (exact) mass is 699 g/mol. The molecular formula is C33H32BrCl2N3O5. The zero-order valence-electron chi connectivity index (χ0n) is 24.0. The summed E-state index contributed by atoms with van der Waals surface area (Å²) in [6, 6.07) is 25.6. The Morgan fingerprint density at radius 3 is 2.23 bits per heavy atom. The van der Waals surface area contributed by atoms with Crippen LogP contribution in [0.25, 0.3) is 0 Å². The Balaban J connectivity index is 0.00000442. The van der Waals surface area contributed by atoms with Gasteiger partial charge in [0.1, 0.15) is 22.8 Å². The molecule has 0 saturated carbocycles. The van der Waals surface area contributed by atoms with Crippen LogP contribution in [0.3, 0.4) is 0 Å². The molecule has 230 valence electrons. The number of methoxy groups -OCH3 is 1. The first kappa shape index (κ1) is 33.0. The molecule has 5 rings (SSSR count). The molecule has 4 aromatic carbocycles. The van der Waals surface area contributed by atoms with Crippen molar-refractivity contribution in [1.82, 2.24) is 5.43 Å². The molecule has 2 N–H and O–H groups in total. The molecule has 4 aromatic rings. The molecular weight excluding hydrogens is 669 g/mol. The Labute approximate surface area is 276 Å². The van der Waals surface area contributed by atoms with Gasteiger partial charge >= 0.3 is 5.97 Å². The van der Waals surface area contributed by atoms with Gasteiger partial charge in [-0.15, -0.1) is 12.4 Å². The second-order valence-corrected chi connectivity index (χ2v) is 11.4. The van der Waals surface area contributed by atoms with Gasteiger partial charge in [-0.25, -0.2) is 4.79 Å². The lowest BCUT2D eigenvalue weighted by atomic mass is 10.1. The number of amides is 1. The first-order valence-corrected chi connectivity index (χ1v) is 15.1. The third kappa shape index (κ3) is 7.96. The normalized spacial score (nSPS) is 12.6. The van der Waals surface area contributed by atoms with Crippen LogP contribution in [0.5, 0.6) is 17.2 Å². The van der Waals surface area contributed by atoms with Crippen LogP contribution < -0.4 is 24.8 Å². The van der Waals surface area contributed by atoms with Gasteiger partial charge in [-0.1, -0.05) is 39.7 Å². The number of carboxylic acids is 1. The van der Waals surface area contributed by atoms with E-state index in [2.05, 4.69) is 32.3 Å². The quantitative estimate of drug-likeness (QED) is 0.161. The molecule has 0 spiro atoms. The fourth-order valence-corrected chi connectivity index (χ4v) is 5.64. The molecule has 8 nitrogen and oxygen atoms in total. The number of rotatable bonds is 10. The van der Waals surface area contributed by atoms with Crippen LogP contribution >= 0.6 is 39.9 Å². The third-order valence-corrected chi connectivity index (χ3v) is 8.14. The molecule has 0 radical (unpaired) electrons. The lowest BCUT2D eigenvalue weighted by Crippen LogP contribution is -2.41. The highest BCUT2D eigenvalue weighted by atomic mass is 79.9. The SMILES string of the molecule is COc1cc(CC(=O)NN(c2ccc(Oc3ccc(Cl)cc3)cc2)c2ccccc2N2CCCCC2)c(Br)cc1C(=O)O.Cl. The maximum atomic E-state index is 13.6. The van der Waals surface area contributed by atoms with Crippen molar-refractivity contribution in [1.29, 1.82) is 0 Å². The van der Waals surface area contributed by atoms with Crippen LogP contribution in [-0.4, -0.2) is 37.2 Å². The number of piperidine rings is 1. The summed E-state index contributed by atoms with van der Waals surface area (Å²) in [5, 5.41) is 11.9. The number of hydrazine groups is 1. The molecule has 0 bridgehead atoms. The topological polar surface area (TPSA) is 91.3 Å². The number of para-hydroxylation sites is 2. The summed E-state index contributed by atoms with van der Waals surface area (Å²) >= 11 is 9.43. The highest BCUT2D eigenvalue weighted by Gasteiger charge is 2.22. The van der Waals surface area contributed by atoms with Crippen LogP contribution in [0.4, 0.5) is 17.1 Å². The molecule has 0 aromatic heterocycles. The maximum Gasteiger partial charge on any atom is 0.339 e. The average Bonchev–Trinajstić information content (AvgIpc) is 3.02. The predicted octanol–water partition coefficient (Wildman–Crippen LogP) is 8.43. The molecule has 1 aliphatic heterocycles. The van der Waals surface area contributed by atoms with Gasteiger partial charge in [0.05, 0.1) is 30.6 Å². The number of carbonyl (C=O) groups excluding carboxylic acids is 1. The number of halogens is 3. The second kappa shape index (κ2) is 15.2. The molecule has 1 aliphatic rings. The van der Waals surface area contributed by atoms with Crippen molar-refractivity contribution in [2.75, 3.05) is 30.1 Å². The van der Waals surface area contributed by atoms with Crippen molar-refractivity contribution in [3.63, 3.8) is 0 Å². The van der Waals surface area contributed by atoms with E-state index >= 15 is 0 Å². The lowest BCUT2D eigenvalue weighted by molar-refractivity contribution is -0.120. The van der Waals surface area contributed by atoms with Crippen LogP contribution in [0.15, 0.2) is 89.4 Å². The van der Waals surface area contributed by atoms with Gasteiger partial charge in [-0.2, -0.15) is 0 Å². The Morgan fingerprint density at radius 1 is 0.955 bits per heavy atom. The van der Waals surface area contributed by atoms with Gasteiger partial charge < -0.3 is 19.5 Å². The number of hydrogen-bond acceptors (Lipinski definition) is 6. The van der Waals surface area contributed by atoms with E-state index in [-0.39, 0.29) is 36.0 Å². The lowest BCUT2D eigenvalue weighted by Gasteiger charge is -2.34. The molecule has 1 amide bonds. The predicted molar refractivity (Wildman–Crippen MR) is 179 cm³/mol. The van der Waals surface area contributed by atoms with E-state index in [9.17, 15) is 14.7 Å². The first-order valence-electron chi connectivity index (χ1n) is 13.9. The summed E-state index contributed by atoms with van der Waals surface area (Å²) in [6.07, 6.45) is 3.41. The van der Waals surface area contributed by atoms with Crippen LogP contribution in [0.2, 0.25) is 5.02 Å². The number of nitrogens with zero attached hydrogens (tertiary/aromatic N) is 2. The smallest absolute Gasteiger partial charge is 0.339 e. The molecule has 0 atom stereocenters. The van der Waals surface area contributed by atoms with Crippen molar-refractivity contribution >= 4 is 68.9 Å². The van der Waals surface area contributed by atoms with Gasteiger partial charge in [-0.3, -0.25) is 15.2 Å². The molecule has 1 heterocycles. The van der Waals surface area contributed by atoms with Crippen LogP contribution in [0.1, 0.15) is 35.2 Å². The minimum atomic E-state index is -1.11. The van der Waals surface area contributed by atoms with E-state index in [1.165, 1.54) is 19.6 Å².